The van der Waals surface area contributed by atoms with Crippen LogP contribution in [0.15, 0.2) is 24.3 Å². The Balaban J connectivity index is 2.01. The second kappa shape index (κ2) is 5.27. The minimum absolute atomic E-state index is 0.120. The number of benzene rings is 1. The molecule has 4 heteroatoms. The normalized spacial score (nSPS) is 16.6. The van der Waals surface area contributed by atoms with Crippen molar-refractivity contribution in [2.24, 2.45) is 5.92 Å². The standard InChI is InChI=1S/C13H16FNO2/c1-17-12(16)8-15-13(9-2-3-9)10-4-6-11(14)7-5-10/h4-7,9,13,15H,2-3,8H2,1H3. The molecule has 1 aromatic carbocycles. The molecule has 0 saturated heterocycles. The lowest BCUT2D eigenvalue weighted by Gasteiger charge is -2.18. The minimum Gasteiger partial charge on any atom is -0.468 e. The molecule has 17 heavy (non-hydrogen) atoms. The summed E-state index contributed by atoms with van der Waals surface area (Å²) < 4.78 is 17.4. The maximum atomic E-state index is 12.8. The Labute approximate surface area is 100.0 Å². The van der Waals surface area contributed by atoms with Crippen molar-refractivity contribution in [3.8, 4) is 0 Å². The number of hydrogen-bond acceptors (Lipinski definition) is 3. The maximum absolute atomic E-state index is 12.8. The quantitative estimate of drug-likeness (QED) is 0.796. The molecule has 1 atom stereocenters. The number of methoxy groups -OCH3 is 1. The summed E-state index contributed by atoms with van der Waals surface area (Å²) in [5, 5.41) is 3.17. The average Bonchev–Trinajstić information content (AvgIpc) is 3.15. The van der Waals surface area contributed by atoms with Crippen molar-refractivity contribution in [3.63, 3.8) is 0 Å². The van der Waals surface area contributed by atoms with E-state index in [1.807, 2.05) is 0 Å². The van der Waals surface area contributed by atoms with Gasteiger partial charge in [0.05, 0.1) is 13.7 Å². The maximum Gasteiger partial charge on any atom is 0.319 e. The second-order valence-electron chi connectivity index (χ2n) is 4.32. The highest BCUT2D eigenvalue weighted by Crippen LogP contribution is 2.40. The van der Waals surface area contributed by atoms with E-state index >= 15 is 0 Å². The summed E-state index contributed by atoms with van der Waals surface area (Å²) in [6.07, 6.45) is 2.30. The van der Waals surface area contributed by atoms with E-state index in [9.17, 15) is 9.18 Å². The van der Waals surface area contributed by atoms with Crippen molar-refractivity contribution in [1.29, 1.82) is 0 Å². The lowest BCUT2D eigenvalue weighted by atomic mass is 10.0. The fourth-order valence-electron chi connectivity index (χ4n) is 1.92. The zero-order chi connectivity index (χ0) is 12.3. The molecule has 0 bridgehead atoms. The van der Waals surface area contributed by atoms with Crippen molar-refractivity contribution in [3.05, 3.63) is 35.6 Å². The lowest BCUT2D eigenvalue weighted by molar-refractivity contribution is -0.139. The molecule has 0 spiro atoms. The van der Waals surface area contributed by atoms with Crippen LogP contribution < -0.4 is 5.32 Å². The van der Waals surface area contributed by atoms with Crippen molar-refractivity contribution in [2.45, 2.75) is 18.9 Å². The minimum atomic E-state index is -0.280. The molecule has 1 aromatic rings. The van der Waals surface area contributed by atoms with Gasteiger partial charge in [-0.25, -0.2) is 4.39 Å². The monoisotopic (exact) mass is 237 g/mol. The zero-order valence-electron chi connectivity index (χ0n) is 9.78. The fourth-order valence-corrected chi connectivity index (χ4v) is 1.92. The Kier molecular flexibility index (Phi) is 3.74. The summed E-state index contributed by atoms with van der Waals surface area (Å²) in [6, 6.07) is 6.55. The van der Waals surface area contributed by atoms with Crippen LogP contribution in [0.25, 0.3) is 0 Å². The van der Waals surface area contributed by atoms with Gasteiger partial charge >= 0.3 is 5.97 Å². The van der Waals surface area contributed by atoms with Gasteiger partial charge in [-0.15, -0.1) is 0 Å². The predicted molar refractivity (Wildman–Crippen MR) is 61.9 cm³/mol. The number of carbonyl (C=O) groups excluding carboxylic acids is 1. The van der Waals surface area contributed by atoms with Crippen molar-refractivity contribution in [2.75, 3.05) is 13.7 Å². The first kappa shape index (κ1) is 12.0. The third-order valence-electron chi connectivity index (χ3n) is 3.02. The molecule has 0 heterocycles. The molecule has 1 N–H and O–H groups in total. The molecule has 0 aliphatic heterocycles. The molecule has 92 valence electrons. The molecule has 0 aromatic heterocycles. The first-order valence-electron chi connectivity index (χ1n) is 5.76. The van der Waals surface area contributed by atoms with Crippen molar-refractivity contribution in [1.82, 2.24) is 5.32 Å². The van der Waals surface area contributed by atoms with Crippen LogP contribution in [0.4, 0.5) is 4.39 Å². The van der Waals surface area contributed by atoms with Gasteiger partial charge in [-0.2, -0.15) is 0 Å². The van der Waals surface area contributed by atoms with Gasteiger partial charge in [-0.1, -0.05) is 12.1 Å². The zero-order valence-corrected chi connectivity index (χ0v) is 9.78. The van der Waals surface area contributed by atoms with E-state index in [0.717, 1.165) is 18.4 Å². The van der Waals surface area contributed by atoms with E-state index in [1.165, 1.54) is 19.2 Å². The molecule has 0 radical (unpaired) electrons. The molecule has 2 rings (SSSR count). The van der Waals surface area contributed by atoms with Crippen LogP contribution in [-0.2, 0) is 9.53 Å². The van der Waals surface area contributed by atoms with E-state index in [1.54, 1.807) is 12.1 Å². The van der Waals surface area contributed by atoms with Gasteiger partial charge in [-0.3, -0.25) is 10.1 Å². The Morgan fingerprint density at radius 1 is 1.47 bits per heavy atom. The first-order chi connectivity index (χ1) is 8.20. The molecular formula is C13H16FNO2. The molecule has 0 amide bonds. The van der Waals surface area contributed by atoms with E-state index in [-0.39, 0.29) is 24.4 Å². The summed E-state index contributed by atoms with van der Waals surface area (Å²) >= 11 is 0. The highest BCUT2D eigenvalue weighted by atomic mass is 19.1. The topological polar surface area (TPSA) is 38.3 Å². The van der Waals surface area contributed by atoms with E-state index in [2.05, 4.69) is 10.1 Å². The number of rotatable bonds is 5. The largest absolute Gasteiger partial charge is 0.468 e. The van der Waals surface area contributed by atoms with Crippen LogP contribution in [0.5, 0.6) is 0 Å². The van der Waals surface area contributed by atoms with Crippen LogP contribution in [-0.4, -0.2) is 19.6 Å². The van der Waals surface area contributed by atoms with Crippen LogP contribution in [0.3, 0.4) is 0 Å². The molecular weight excluding hydrogens is 221 g/mol. The number of hydrogen-bond donors (Lipinski definition) is 1. The van der Waals surface area contributed by atoms with Crippen molar-refractivity contribution >= 4 is 5.97 Å². The SMILES string of the molecule is COC(=O)CNC(c1ccc(F)cc1)C1CC1. The van der Waals surface area contributed by atoms with Gasteiger partial charge in [0.25, 0.3) is 0 Å². The van der Waals surface area contributed by atoms with Crippen LogP contribution in [0.1, 0.15) is 24.4 Å². The van der Waals surface area contributed by atoms with Crippen LogP contribution in [0.2, 0.25) is 0 Å². The average molecular weight is 237 g/mol. The van der Waals surface area contributed by atoms with Gasteiger partial charge in [0.2, 0.25) is 0 Å². The van der Waals surface area contributed by atoms with Crippen LogP contribution in [0, 0.1) is 11.7 Å². The number of carbonyl (C=O) groups is 1. The number of halogens is 1. The number of ether oxygens (including phenoxy) is 1. The molecule has 1 unspecified atom stereocenters. The number of nitrogens with one attached hydrogen (secondary N) is 1. The lowest BCUT2D eigenvalue weighted by Crippen LogP contribution is -2.29. The summed E-state index contributed by atoms with van der Waals surface area (Å²) in [6.45, 7) is 0.190. The Morgan fingerprint density at radius 2 is 2.12 bits per heavy atom. The van der Waals surface area contributed by atoms with E-state index in [4.69, 9.17) is 0 Å². The molecule has 1 aliphatic rings. The smallest absolute Gasteiger partial charge is 0.319 e. The molecule has 1 fully saturated rings. The number of esters is 1. The fraction of sp³-hybridized carbons (Fsp3) is 0.462. The molecule has 1 saturated carbocycles. The first-order valence-corrected chi connectivity index (χ1v) is 5.76. The molecule has 1 aliphatic carbocycles. The Bertz CT molecular complexity index is 387. The Morgan fingerprint density at radius 3 is 2.65 bits per heavy atom. The third kappa shape index (κ3) is 3.27. The molecule has 3 nitrogen and oxygen atoms in total. The Hall–Kier alpha value is -1.42. The summed E-state index contributed by atoms with van der Waals surface area (Å²) in [5.74, 6) is 0.0270. The van der Waals surface area contributed by atoms with Gasteiger partial charge in [-0.05, 0) is 36.5 Å². The van der Waals surface area contributed by atoms with Crippen molar-refractivity contribution < 1.29 is 13.9 Å². The highest BCUT2D eigenvalue weighted by Gasteiger charge is 2.32. The summed E-state index contributed by atoms with van der Waals surface area (Å²) in [4.78, 5) is 11.1. The van der Waals surface area contributed by atoms with E-state index in [0.29, 0.717) is 5.92 Å². The predicted octanol–water partition coefficient (Wildman–Crippen LogP) is 2.04. The second-order valence-corrected chi connectivity index (χ2v) is 4.32. The highest BCUT2D eigenvalue weighted by molar-refractivity contribution is 5.71. The van der Waals surface area contributed by atoms with Gasteiger partial charge < -0.3 is 4.74 Å². The van der Waals surface area contributed by atoms with Gasteiger partial charge in [0.1, 0.15) is 5.82 Å². The van der Waals surface area contributed by atoms with Crippen LogP contribution >= 0.6 is 0 Å². The van der Waals surface area contributed by atoms with E-state index < -0.39 is 0 Å². The summed E-state index contributed by atoms with van der Waals surface area (Å²) in [7, 11) is 1.37. The van der Waals surface area contributed by atoms with Gasteiger partial charge in [0.15, 0.2) is 0 Å². The van der Waals surface area contributed by atoms with Gasteiger partial charge in [0, 0.05) is 6.04 Å². The summed E-state index contributed by atoms with van der Waals surface area (Å²) in [5.41, 5.74) is 1.03. The third-order valence-corrected chi connectivity index (χ3v) is 3.02.